The third-order valence-electron chi connectivity index (χ3n) is 4.29. The molecule has 4 heteroatoms. The molecular weight excluding hydrogens is 260 g/mol. The summed E-state index contributed by atoms with van der Waals surface area (Å²) >= 11 is 0. The minimum Gasteiger partial charge on any atom is -0.309 e. The molecule has 1 fully saturated rings. The Hall–Kier alpha value is -1.06. The van der Waals surface area contributed by atoms with Crippen LogP contribution in [0, 0.1) is 6.92 Å². The van der Waals surface area contributed by atoms with Crippen molar-refractivity contribution in [2.75, 3.05) is 25.0 Å². The lowest BCUT2D eigenvalue weighted by atomic mass is 9.89. The first-order valence-corrected chi connectivity index (χ1v) is 6.67. The van der Waals surface area contributed by atoms with Crippen molar-refractivity contribution in [3.05, 3.63) is 29.3 Å². The van der Waals surface area contributed by atoms with Crippen molar-refractivity contribution in [2.24, 2.45) is 0 Å². The number of nitrogens with zero attached hydrogens (tertiary/aromatic N) is 2. The molecule has 0 spiro atoms. The maximum Gasteiger partial charge on any atom is 0.224 e. The molecule has 2 aliphatic heterocycles. The number of carbonyl (C=O) groups excluding carboxylic acids is 1. The van der Waals surface area contributed by atoms with E-state index in [0.29, 0.717) is 12.0 Å². The lowest BCUT2D eigenvalue weighted by Crippen LogP contribution is -2.46. The molecule has 1 aromatic rings. The molecule has 0 radical (unpaired) electrons. The lowest BCUT2D eigenvalue weighted by molar-refractivity contribution is -0.117. The summed E-state index contributed by atoms with van der Waals surface area (Å²) in [6.45, 7) is 5.95. The fourth-order valence-corrected chi connectivity index (χ4v) is 3.49. The van der Waals surface area contributed by atoms with E-state index in [9.17, 15) is 4.79 Å². The van der Waals surface area contributed by atoms with Gasteiger partial charge in [-0.3, -0.25) is 4.79 Å². The maximum absolute atomic E-state index is 11.9. The summed E-state index contributed by atoms with van der Waals surface area (Å²) in [4.78, 5) is 16.3. The molecule has 2 aliphatic rings. The average molecular weight is 281 g/mol. The molecule has 0 N–H and O–H groups in total. The summed E-state index contributed by atoms with van der Waals surface area (Å²) in [5, 5.41) is 0. The Labute approximate surface area is 121 Å². The Balaban J connectivity index is 0.00000133. The van der Waals surface area contributed by atoms with Crippen LogP contribution in [0.4, 0.5) is 5.69 Å². The van der Waals surface area contributed by atoms with Gasteiger partial charge in [-0.25, -0.2) is 0 Å². The van der Waals surface area contributed by atoms with Crippen LogP contribution < -0.4 is 4.90 Å². The summed E-state index contributed by atoms with van der Waals surface area (Å²) < 4.78 is 0. The third-order valence-corrected chi connectivity index (χ3v) is 4.29. The molecule has 3 nitrogen and oxygen atoms in total. The Morgan fingerprint density at radius 1 is 1.37 bits per heavy atom. The minimum atomic E-state index is 0. The number of benzene rings is 1. The van der Waals surface area contributed by atoms with Gasteiger partial charge < -0.3 is 9.80 Å². The van der Waals surface area contributed by atoms with Gasteiger partial charge in [-0.1, -0.05) is 17.7 Å². The minimum absolute atomic E-state index is 0. The van der Waals surface area contributed by atoms with Gasteiger partial charge in [0.05, 0.1) is 0 Å². The van der Waals surface area contributed by atoms with Gasteiger partial charge in [0.25, 0.3) is 0 Å². The number of fused-ring (bicyclic) bond motifs is 3. The van der Waals surface area contributed by atoms with Gasteiger partial charge in [-0.05, 0) is 38.6 Å². The lowest BCUT2D eigenvalue weighted by Gasteiger charge is -2.36. The smallest absolute Gasteiger partial charge is 0.224 e. The van der Waals surface area contributed by atoms with E-state index < -0.39 is 0 Å². The van der Waals surface area contributed by atoms with Crippen molar-refractivity contribution in [3.8, 4) is 0 Å². The molecule has 2 unspecified atom stereocenters. The Kier molecular flexibility index (Phi) is 3.88. The SMILES string of the molecule is CC(=O)N1c2ccc(C)cc2C2CN(C)CCC21.Cl. The highest BCUT2D eigenvalue weighted by atomic mass is 35.5. The Bertz CT molecular complexity index is 503. The second kappa shape index (κ2) is 5.14. The van der Waals surface area contributed by atoms with Crippen LogP contribution in [0.3, 0.4) is 0 Å². The second-order valence-electron chi connectivity index (χ2n) is 5.68. The van der Waals surface area contributed by atoms with Crippen LogP contribution in [-0.4, -0.2) is 37.0 Å². The van der Waals surface area contributed by atoms with E-state index in [2.05, 4.69) is 37.1 Å². The molecule has 2 heterocycles. The van der Waals surface area contributed by atoms with Crippen LogP contribution in [0.2, 0.25) is 0 Å². The number of amides is 1. The van der Waals surface area contributed by atoms with Crippen LogP contribution in [0.1, 0.15) is 30.4 Å². The van der Waals surface area contributed by atoms with E-state index in [0.717, 1.165) is 25.2 Å². The van der Waals surface area contributed by atoms with Gasteiger partial charge >= 0.3 is 0 Å². The number of rotatable bonds is 0. The largest absolute Gasteiger partial charge is 0.309 e. The van der Waals surface area contributed by atoms with Crippen molar-refractivity contribution in [1.82, 2.24) is 4.90 Å². The van der Waals surface area contributed by atoms with Gasteiger partial charge in [0.1, 0.15) is 0 Å². The fourth-order valence-electron chi connectivity index (χ4n) is 3.49. The highest BCUT2D eigenvalue weighted by Crippen LogP contribution is 2.44. The molecule has 1 saturated heterocycles. The van der Waals surface area contributed by atoms with Gasteiger partial charge in [0.2, 0.25) is 5.91 Å². The van der Waals surface area contributed by atoms with Gasteiger partial charge in [-0.15, -0.1) is 12.4 Å². The predicted octanol–water partition coefficient (Wildman–Crippen LogP) is 2.57. The molecule has 1 amide bonds. The molecular formula is C15H21ClN2O. The van der Waals surface area contributed by atoms with Crippen LogP contribution in [0.5, 0.6) is 0 Å². The average Bonchev–Trinajstić information content (AvgIpc) is 2.62. The number of aryl methyl sites for hydroxylation is 1. The molecule has 0 bridgehead atoms. The quantitative estimate of drug-likeness (QED) is 0.729. The molecule has 2 atom stereocenters. The summed E-state index contributed by atoms with van der Waals surface area (Å²) in [5.41, 5.74) is 3.78. The topological polar surface area (TPSA) is 23.6 Å². The zero-order valence-electron chi connectivity index (χ0n) is 11.7. The van der Waals surface area contributed by atoms with E-state index in [1.54, 1.807) is 6.92 Å². The number of likely N-dealkylation sites (N-methyl/N-ethyl adjacent to an activating group) is 1. The normalized spacial score (nSPS) is 25.5. The van der Waals surface area contributed by atoms with Gasteiger partial charge in [-0.2, -0.15) is 0 Å². The number of carbonyl (C=O) groups is 1. The van der Waals surface area contributed by atoms with E-state index in [4.69, 9.17) is 0 Å². The Morgan fingerprint density at radius 3 is 2.79 bits per heavy atom. The zero-order valence-corrected chi connectivity index (χ0v) is 12.5. The number of likely N-dealkylation sites (tertiary alicyclic amines) is 1. The summed E-state index contributed by atoms with van der Waals surface area (Å²) in [6.07, 6.45) is 1.08. The van der Waals surface area contributed by atoms with E-state index in [-0.39, 0.29) is 18.3 Å². The first kappa shape index (κ1) is 14.4. The maximum atomic E-state index is 11.9. The molecule has 19 heavy (non-hydrogen) atoms. The highest BCUT2D eigenvalue weighted by Gasteiger charge is 2.42. The summed E-state index contributed by atoms with van der Waals surface area (Å²) in [5.74, 6) is 0.666. The van der Waals surface area contributed by atoms with Crippen LogP contribution in [-0.2, 0) is 4.79 Å². The van der Waals surface area contributed by atoms with Crippen LogP contribution >= 0.6 is 12.4 Å². The highest BCUT2D eigenvalue weighted by molar-refractivity contribution is 5.95. The van der Waals surface area contributed by atoms with Gasteiger partial charge in [0, 0.05) is 31.1 Å². The van der Waals surface area contributed by atoms with E-state index in [1.807, 2.05) is 4.90 Å². The van der Waals surface area contributed by atoms with Crippen molar-refractivity contribution < 1.29 is 4.79 Å². The number of hydrogen-bond donors (Lipinski definition) is 0. The molecule has 0 aromatic heterocycles. The molecule has 0 saturated carbocycles. The summed E-state index contributed by atoms with van der Waals surface area (Å²) in [7, 11) is 2.17. The van der Waals surface area contributed by atoms with Crippen LogP contribution in [0.25, 0.3) is 0 Å². The van der Waals surface area contributed by atoms with Crippen molar-refractivity contribution in [3.63, 3.8) is 0 Å². The van der Waals surface area contributed by atoms with Gasteiger partial charge in [0.15, 0.2) is 0 Å². The van der Waals surface area contributed by atoms with Crippen LogP contribution in [0.15, 0.2) is 18.2 Å². The number of halogens is 1. The predicted molar refractivity (Wildman–Crippen MR) is 80.2 cm³/mol. The number of hydrogen-bond acceptors (Lipinski definition) is 2. The standard InChI is InChI=1S/C15H20N2O.ClH/c1-10-4-5-14-12(8-10)13-9-16(3)7-6-15(13)17(14)11(2)18;/h4-5,8,13,15H,6-7,9H2,1-3H3;1H. The van der Waals surface area contributed by atoms with Crippen molar-refractivity contribution >= 4 is 24.0 Å². The zero-order chi connectivity index (χ0) is 12.9. The monoisotopic (exact) mass is 280 g/mol. The number of piperidine rings is 1. The van der Waals surface area contributed by atoms with E-state index >= 15 is 0 Å². The Morgan fingerprint density at radius 2 is 2.11 bits per heavy atom. The molecule has 3 rings (SSSR count). The molecule has 0 aliphatic carbocycles. The number of anilines is 1. The van der Waals surface area contributed by atoms with E-state index in [1.165, 1.54) is 11.1 Å². The molecule has 1 aromatic carbocycles. The summed E-state index contributed by atoms with van der Waals surface area (Å²) in [6, 6.07) is 6.85. The first-order valence-electron chi connectivity index (χ1n) is 6.67. The molecule has 104 valence electrons. The third kappa shape index (κ3) is 2.26. The van der Waals surface area contributed by atoms with Crippen molar-refractivity contribution in [2.45, 2.75) is 32.2 Å². The van der Waals surface area contributed by atoms with Crippen molar-refractivity contribution in [1.29, 1.82) is 0 Å². The first-order chi connectivity index (χ1) is 8.58. The second-order valence-corrected chi connectivity index (χ2v) is 5.68. The fraction of sp³-hybridized carbons (Fsp3) is 0.533.